The van der Waals surface area contributed by atoms with Gasteiger partial charge in [0.25, 0.3) is 11.1 Å². The zero-order valence-corrected chi connectivity index (χ0v) is 10.6. The number of anilines is 1. The number of nitrogens with zero attached hydrogens (tertiary/aromatic N) is 3. The van der Waals surface area contributed by atoms with E-state index >= 15 is 0 Å². The van der Waals surface area contributed by atoms with Gasteiger partial charge in [0.05, 0.1) is 23.9 Å². The van der Waals surface area contributed by atoms with Crippen molar-refractivity contribution in [2.75, 3.05) is 5.73 Å². The van der Waals surface area contributed by atoms with Gasteiger partial charge in [-0.05, 0) is 18.2 Å². The molecule has 0 unspecified atom stereocenters. The number of aromatic amines is 1. The minimum atomic E-state index is -0.278. The van der Waals surface area contributed by atoms with Gasteiger partial charge in [-0.15, -0.1) is 0 Å². The van der Waals surface area contributed by atoms with Crippen molar-refractivity contribution in [3.05, 3.63) is 57.2 Å². The van der Waals surface area contributed by atoms with Crippen molar-refractivity contribution in [2.24, 2.45) is 0 Å². The van der Waals surface area contributed by atoms with Crippen LogP contribution in [0.25, 0.3) is 10.8 Å². The summed E-state index contributed by atoms with van der Waals surface area (Å²) in [6, 6.07) is 8.42. The molecule has 0 aliphatic heterocycles. The van der Waals surface area contributed by atoms with E-state index in [0.29, 0.717) is 29.7 Å². The quantitative estimate of drug-likeness (QED) is 0.709. The Bertz CT molecular complexity index is 874. The molecule has 0 atom stereocenters. The largest absolute Gasteiger partial charge is 0.382 e. The summed E-state index contributed by atoms with van der Waals surface area (Å²) < 4.78 is 2.91. The van der Waals surface area contributed by atoms with E-state index in [2.05, 4.69) is 10.2 Å². The molecule has 0 saturated heterocycles. The highest BCUT2D eigenvalue weighted by molar-refractivity contribution is 5.80. The number of nitrogens with one attached hydrogen (secondary N) is 1. The lowest BCUT2D eigenvalue weighted by Crippen LogP contribution is -2.31. The first-order chi connectivity index (χ1) is 9.65. The molecule has 0 saturated carbocycles. The average Bonchev–Trinajstić information content (AvgIpc) is 2.87. The van der Waals surface area contributed by atoms with Gasteiger partial charge in [0.1, 0.15) is 5.82 Å². The first-order valence-corrected chi connectivity index (χ1v) is 6.16. The molecule has 102 valence electrons. The third-order valence-corrected chi connectivity index (χ3v) is 3.10. The van der Waals surface area contributed by atoms with E-state index in [1.54, 1.807) is 41.2 Å². The smallest absolute Gasteiger partial charge is 0.273 e. The third-order valence-electron chi connectivity index (χ3n) is 3.10. The molecule has 3 rings (SSSR count). The second-order valence-corrected chi connectivity index (χ2v) is 4.45. The van der Waals surface area contributed by atoms with Crippen LogP contribution in [0, 0.1) is 0 Å². The van der Waals surface area contributed by atoms with Crippen molar-refractivity contribution in [3.8, 4) is 0 Å². The van der Waals surface area contributed by atoms with Gasteiger partial charge in [-0.3, -0.25) is 19.4 Å². The Morgan fingerprint density at radius 1 is 1.10 bits per heavy atom. The molecule has 0 bridgehead atoms. The molecular formula is C13H13N5O2. The number of nitrogen functional groups attached to an aromatic ring is 1. The van der Waals surface area contributed by atoms with Gasteiger partial charge >= 0.3 is 0 Å². The van der Waals surface area contributed by atoms with Crippen LogP contribution in [0.1, 0.15) is 0 Å². The van der Waals surface area contributed by atoms with E-state index in [1.807, 2.05) is 0 Å². The maximum absolute atomic E-state index is 12.2. The van der Waals surface area contributed by atoms with Crippen molar-refractivity contribution in [2.45, 2.75) is 13.1 Å². The Morgan fingerprint density at radius 2 is 1.85 bits per heavy atom. The minimum Gasteiger partial charge on any atom is -0.382 e. The van der Waals surface area contributed by atoms with Crippen molar-refractivity contribution in [3.63, 3.8) is 0 Å². The van der Waals surface area contributed by atoms with Gasteiger partial charge in [-0.2, -0.15) is 5.10 Å². The topological polar surface area (TPSA) is 98.7 Å². The summed E-state index contributed by atoms with van der Waals surface area (Å²) in [5.41, 5.74) is 5.02. The van der Waals surface area contributed by atoms with Crippen LogP contribution < -0.4 is 16.9 Å². The molecule has 0 fully saturated rings. The summed E-state index contributed by atoms with van der Waals surface area (Å²) >= 11 is 0. The second kappa shape index (κ2) is 4.69. The summed E-state index contributed by atoms with van der Waals surface area (Å²) in [5, 5.41) is 7.41. The molecule has 7 heteroatoms. The van der Waals surface area contributed by atoms with E-state index < -0.39 is 0 Å². The Morgan fingerprint density at radius 3 is 2.55 bits per heavy atom. The molecule has 1 aromatic carbocycles. The lowest BCUT2D eigenvalue weighted by molar-refractivity contribution is 0.483. The predicted octanol–water partition coefficient (Wildman–Crippen LogP) is 0.169. The third kappa shape index (κ3) is 2.09. The van der Waals surface area contributed by atoms with Crippen LogP contribution in [-0.2, 0) is 13.1 Å². The zero-order valence-electron chi connectivity index (χ0n) is 10.6. The summed E-state index contributed by atoms with van der Waals surface area (Å²) in [7, 11) is 0. The van der Waals surface area contributed by atoms with Gasteiger partial charge in [-0.1, -0.05) is 12.1 Å². The van der Waals surface area contributed by atoms with E-state index in [1.165, 1.54) is 4.68 Å². The second-order valence-electron chi connectivity index (χ2n) is 4.45. The van der Waals surface area contributed by atoms with Crippen LogP contribution in [0.15, 0.2) is 46.1 Å². The van der Waals surface area contributed by atoms with Gasteiger partial charge in [0, 0.05) is 6.20 Å². The van der Waals surface area contributed by atoms with Gasteiger partial charge in [-0.25, -0.2) is 4.68 Å². The van der Waals surface area contributed by atoms with E-state index in [-0.39, 0.29) is 11.1 Å². The highest BCUT2D eigenvalue weighted by Crippen LogP contribution is 2.02. The number of fused-ring (bicyclic) bond motifs is 1. The number of hydrogen-bond donors (Lipinski definition) is 2. The SMILES string of the molecule is Nc1ccn(CCn2[nH]c(=O)c3ccccc3c2=O)n1. The van der Waals surface area contributed by atoms with E-state index in [0.717, 1.165) is 0 Å². The molecule has 7 nitrogen and oxygen atoms in total. The lowest BCUT2D eigenvalue weighted by atomic mass is 10.2. The van der Waals surface area contributed by atoms with Gasteiger partial charge in [0.15, 0.2) is 0 Å². The molecular weight excluding hydrogens is 258 g/mol. The molecule has 3 N–H and O–H groups in total. The molecule has 0 aliphatic rings. The van der Waals surface area contributed by atoms with Gasteiger partial charge in [0.2, 0.25) is 0 Å². The van der Waals surface area contributed by atoms with Crippen molar-refractivity contribution >= 4 is 16.6 Å². The first kappa shape index (κ1) is 12.2. The summed E-state index contributed by atoms with van der Waals surface area (Å²) in [6.07, 6.45) is 1.72. The van der Waals surface area contributed by atoms with Crippen molar-refractivity contribution < 1.29 is 0 Å². The molecule has 0 aliphatic carbocycles. The van der Waals surface area contributed by atoms with Gasteiger partial charge < -0.3 is 5.73 Å². The number of nitrogens with two attached hydrogens (primary N) is 1. The molecule has 2 aromatic heterocycles. The van der Waals surface area contributed by atoms with Crippen molar-refractivity contribution in [1.82, 2.24) is 19.6 Å². The predicted molar refractivity (Wildman–Crippen MR) is 75.5 cm³/mol. The number of hydrogen-bond acceptors (Lipinski definition) is 4. The molecule has 0 radical (unpaired) electrons. The first-order valence-electron chi connectivity index (χ1n) is 6.16. The van der Waals surface area contributed by atoms with Crippen LogP contribution in [0.5, 0.6) is 0 Å². The van der Waals surface area contributed by atoms with Crippen LogP contribution in [0.3, 0.4) is 0 Å². The fraction of sp³-hybridized carbons (Fsp3) is 0.154. The van der Waals surface area contributed by atoms with Crippen molar-refractivity contribution in [1.29, 1.82) is 0 Å². The zero-order chi connectivity index (χ0) is 14.1. The molecule has 0 amide bonds. The number of H-pyrrole nitrogens is 1. The Balaban J connectivity index is 1.98. The Hall–Kier alpha value is -2.83. The Labute approximate surface area is 113 Å². The summed E-state index contributed by atoms with van der Waals surface area (Å²) in [5.74, 6) is 0.421. The number of aromatic nitrogens is 4. The summed E-state index contributed by atoms with van der Waals surface area (Å²) in [6.45, 7) is 0.769. The maximum atomic E-state index is 12.2. The number of aryl methyl sites for hydroxylation is 2. The standard InChI is InChI=1S/C13H13N5O2/c14-11-5-6-17(15-11)7-8-18-13(20)10-4-2-1-3-9(10)12(19)16-18/h1-6H,7-8H2,(H2,14,15)(H,16,19). The van der Waals surface area contributed by atoms with Crippen LogP contribution in [0.2, 0.25) is 0 Å². The fourth-order valence-electron chi connectivity index (χ4n) is 2.11. The summed E-state index contributed by atoms with van der Waals surface area (Å²) in [4.78, 5) is 24.2. The van der Waals surface area contributed by atoms with E-state index in [4.69, 9.17) is 5.73 Å². The lowest BCUT2D eigenvalue weighted by Gasteiger charge is -2.07. The average molecular weight is 271 g/mol. The highest BCUT2D eigenvalue weighted by Gasteiger charge is 2.06. The molecule has 2 heterocycles. The van der Waals surface area contributed by atoms with E-state index in [9.17, 15) is 9.59 Å². The number of benzene rings is 1. The van der Waals surface area contributed by atoms with Crippen LogP contribution >= 0.6 is 0 Å². The monoisotopic (exact) mass is 271 g/mol. The maximum Gasteiger partial charge on any atom is 0.273 e. The van der Waals surface area contributed by atoms with Crippen LogP contribution in [-0.4, -0.2) is 19.6 Å². The van der Waals surface area contributed by atoms with Crippen LogP contribution in [0.4, 0.5) is 5.82 Å². The normalized spacial score (nSPS) is 11.0. The Kier molecular flexibility index (Phi) is 2.86. The number of rotatable bonds is 3. The molecule has 20 heavy (non-hydrogen) atoms. The molecule has 0 spiro atoms. The molecule has 3 aromatic rings. The fourth-order valence-corrected chi connectivity index (χ4v) is 2.11. The minimum absolute atomic E-state index is 0.222. The highest BCUT2D eigenvalue weighted by atomic mass is 16.2.